The number of piperidine rings is 1. The highest BCUT2D eigenvalue weighted by Crippen LogP contribution is 2.16. The first kappa shape index (κ1) is 23.5. The Kier molecular flexibility index (Phi) is 12.3. The average molecular weight is 496 g/mol. The minimum absolute atomic E-state index is 0. The molecule has 148 valence electrons. The number of guanidine groups is 1. The third kappa shape index (κ3) is 7.98. The summed E-state index contributed by atoms with van der Waals surface area (Å²) in [6, 6.07) is 7.98. The topological polar surface area (TPSA) is 46.1 Å². The number of rotatable bonds is 8. The second-order valence-electron chi connectivity index (χ2n) is 6.22. The number of ether oxygens (including phenoxy) is 2. The number of benzene rings is 1. The maximum atomic E-state index is 6.21. The third-order valence-electron chi connectivity index (χ3n) is 4.43. The fourth-order valence-electron chi connectivity index (χ4n) is 3.03. The summed E-state index contributed by atoms with van der Waals surface area (Å²) >= 11 is 6.21. The number of halogens is 2. The van der Waals surface area contributed by atoms with Crippen molar-refractivity contribution in [3.8, 4) is 0 Å². The Bertz CT molecular complexity index is 537. The van der Waals surface area contributed by atoms with Gasteiger partial charge in [-0.2, -0.15) is 0 Å². The Morgan fingerprint density at radius 1 is 1.27 bits per heavy atom. The summed E-state index contributed by atoms with van der Waals surface area (Å²) in [5.41, 5.74) is 1.16. The summed E-state index contributed by atoms with van der Waals surface area (Å²) in [7, 11) is 3.56. The molecule has 2 rings (SSSR count). The predicted octanol–water partition coefficient (Wildman–Crippen LogP) is 3.59. The second kappa shape index (κ2) is 13.6. The molecule has 7 heteroatoms. The maximum absolute atomic E-state index is 6.21. The molecule has 0 aliphatic carbocycles. The van der Waals surface area contributed by atoms with Gasteiger partial charge in [0.1, 0.15) is 0 Å². The van der Waals surface area contributed by atoms with Gasteiger partial charge < -0.3 is 19.7 Å². The van der Waals surface area contributed by atoms with E-state index >= 15 is 0 Å². The number of hydrogen-bond acceptors (Lipinski definition) is 3. The van der Waals surface area contributed by atoms with Gasteiger partial charge in [0.15, 0.2) is 5.96 Å². The highest BCUT2D eigenvalue weighted by Gasteiger charge is 2.21. The molecule has 0 amide bonds. The first-order valence-electron chi connectivity index (χ1n) is 9.04. The molecule has 1 heterocycles. The van der Waals surface area contributed by atoms with Crippen molar-refractivity contribution in [2.75, 3.05) is 47.0 Å². The third-order valence-corrected chi connectivity index (χ3v) is 4.80. The summed E-state index contributed by atoms with van der Waals surface area (Å²) in [6.07, 6.45) is 4.28. The molecule has 0 saturated carbocycles. The van der Waals surface area contributed by atoms with Gasteiger partial charge in [-0.1, -0.05) is 29.8 Å². The summed E-state index contributed by atoms with van der Waals surface area (Å²) in [5.74, 6) is 0.963. The van der Waals surface area contributed by atoms with Crippen LogP contribution < -0.4 is 5.32 Å². The van der Waals surface area contributed by atoms with Crippen LogP contribution in [0.25, 0.3) is 0 Å². The molecule has 1 saturated heterocycles. The Labute approximate surface area is 179 Å². The minimum Gasteiger partial charge on any atom is -0.385 e. The summed E-state index contributed by atoms with van der Waals surface area (Å²) in [4.78, 5) is 6.73. The second-order valence-corrected chi connectivity index (χ2v) is 6.63. The molecular weight excluding hydrogens is 465 g/mol. The van der Waals surface area contributed by atoms with E-state index in [9.17, 15) is 0 Å². The van der Waals surface area contributed by atoms with Gasteiger partial charge in [-0.05, 0) is 37.3 Å². The Balaban J connectivity index is 0.00000338. The van der Waals surface area contributed by atoms with Crippen LogP contribution in [0.1, 0.15) is 24.8 Å². The number of aliphatic imine (C=N–C) groups is 1. The highest BCUT2D eigenvalue weighted by molar-refractivity contribution is 14.0. The smallest absolute Gasteiger partial charge is 0.193 e. The lowest BCUT2D eigenvalue weighted by Gasteiger charge is -2.34. The maximum Gasteiger partial charge on any atom is 0.193 e. The lowest BCUT2D eigenvalue weighted by Crippen LogP contribution is -2.47. The van der Waals surface area contributed by atoms with Gasteiger partial charge in [0, 0.05) is 52.0 Å². The lowest BCUT2D eigenvalue weighted by molar-refractivity contribution is 0.00992. The quantitative estimate of drug-likeness (QED) is 0.259. The van der Waals surface area contributed by atoms with Crippen molar-refractivity contribution in [3.63, 3.8) is 0 Å². The molecule has 0 radical (unpaired) electrons. The SMILES string of the molecule is CN=C(NCCc1ccccc1Cl)N1CCC(OCCCOC)CC1.I. The van der Waals surface area contributed by atoms with Crippen molar-refractivity contribution >= 4 is 41.5 Å². The van der Waals surface area contributed by atoms with Crippen LogP contribution in [0.5, 0.6) is 0 Å². The van der Waals surface area contributed by atoms with Gasteiger partial charge >= 0.3 is 0 Å². The number of methoxy groups -OCH3 is 1. The largest absolute Gasteiger partial charge is 0.385 e. The van der Waals surface area contributed by atoms with Gasteiger partial charge in [0.25, 0.3) is 0 Å². The Morgan fingerprint density at radius 2 is 2.00 bits per heavy atom. The Morgan fingerprint density at radius 3 is 2.65 bits per heavy atom. The molecule has 1 fully saturated rings. The first-order chi connectivity index (χ1) is 12.2. The molecule has 0 spiro atoms. The zero-order valence-corrected chi connectivity index (χ0v) is 18.8. The van der Waals surface area contributed by atoms with E-state index in [0.717, 1.165) is 75.1 Å². The van der Waals surface area contributed by atoms with E-state index in [1.165, 1.54) is 0 Å². The molecule has 1 aromatic rings. The van der Waals surface area contributed by atoms with Gasteiger partial charge in [0.2, 0.25) is 0 Å². The van der Waals surface area contributed by atoms with E-state index in [4.69, 9.17) is 21.1 Å². The van der Waals surface area contributed by atoms with Crippen molar-refractivity contribution in [3.05, 3.63) is 34.9 Å². The van der Waals surface area contributed by atoms with E-state index in [-0.39, 0.29) is 24.0 Å². The number of hydrogen-bond donors (Lipinski definition) is 1. The molecule has 0 unspecified atom stereocenters. The normalized spacial score (nSPS) is 15.7. The van der Waals surface area contributed by atoms with Crippen LogP contribution >= 0.6 is 35.6 Å². The van der Waals surface area contributed by atoms with Crippen molar-refractivity contribution in [2.24, 2.45) is 4.99 Å². The first-order valence-corrected chi connectivity index (χ1v) is 9.42. The minimum atomic E-state index is 0. The van der Waals surface area contributed by atoms with E-state index in [1.54, 1.807) is 7.11 Å². The van der Waals surface area contributed by atoms with Crippen LogP contribution in [0, 0.1) is 0 Å². The van der Waals surface area contributed by atoms with E-state index in [0.29, 0.717) is 6.10 Å². The molecule has 1 aliphatic heterocycles. The molecule has 26 heavy (non-hydrogen) atoms. The van der Waals surface area contributed by atoms with Gasteiger partial charge in [-0.3, -0.25) is 4.99 Å². The molecule has 0 atom stereocenters. The van der Waals surface area contributed by atoms with Crippen LogP contribution in [0.15, 0.2) is 29.3 Å². The number of nitrogens with zero attached hydrogens (tertiary/aromatic N) is 2. The summed E-state index contributed by atoms with van der Waals surface area (Å²) < 4.78 is 11.0. The van der Waals surface area contributed by atoms with Crippen LogP contribution in [-0.4, -0.2) is 64.0 Å². The van der Waals surface area contributed by atoms with Crippen molar-refractivity contribution in [1.29, 1.82) is 0 Å². The van der Waals surface area contributed by atoms with Crippen LogP contribution in [0.3, 0.4) is 0 Å². The van der Waals surface area contributed by atoms with Crippen LogP contribution in [0.2, 0.25) is 5.02 Å². The highest BCUT2D eigenvalue weighted by atomic mass is 127. The molecule has 0 bridgehead atoms. The number of nitrogens with one attached hydrogen (secondary N) is 1. The van der Waals surface area contributed by atoms with Crippen LogP contribution in [0.4, 0.5) is 0 Å². The van der Waals surface area contributed by atoms with E-state index < -0.39 is 0 Å². The number of likely N-dealkylation sites (tertiary alicyclic amines) is 1. The molecule has 1 N–H and O–H groups in total. The molecule has 0 aromatic heterocycles. The van der Waals surface area contributed by atoms with Crippen molar-refractivity contribution in [1.82, 2.24) is 10.2 Å². The van der Waals surface area contributed by atoms with Gasteiger partial charge in [0.05, 0.1) is 6.10 Å². The monoisotopic (exact) mass is 495 g/mol. The Hall–Kier alpha value is -0.570. The average Bonchev–Trinajstić information content (AvgIpc) is 2.64. The van der Waals surface area contributed by atoms with Crippen molar-refractivity contribution in [2.45, 2.75) is 31.8 Å². The molecule has 5 nitrogen and oxygen atoms in total. The van der Waals surface area contributed by atoms with Gasteiger partial charge in [-0.25, -0.2) is 0 Å². The summed E-state index contributed by atoms with van der Waals surface area (Å²) in [5, 5.41) is 4.27. The zero-order valence-electron chi connectivity index (χ0n) is 15.7. The molecule has 1 aliphatic rings. The molecular formula is C19H31ClIN3O2. The standard InChI is InChI=1S/C19H30ClN3O2.HI/c1-21-19(22-11-8-16-6-3-4-7-18(16)20)23-12-9-17(10-13-23)25-15-5-14-24-2;/h3-4,6-7,17H,5,8-15H2,1-2H3,(H,21,22);1H. The lowest BCUT2D eigenvalue weighted by atomic mass is 10.1. The molecule has 1 aromatic carbocycles. The van der Waals surface area contributed by atoms with Crippen molar-refractivity contribution < 1.29 is 9.47 Å². The van der Waals surface area contributed by atoms with E-state index in [1.807, 2.05) is 25.2 Å². The van der Waals surface area contributed by atoms with Crippen LogP contribution in [-0.2, 0) is 15.9 Å². The summed E-state index contributed by atoms with van der Waals surface area (Å²) in [6.45, 7) is 4.31. The fraction of sp³-hybridized carbons (Fsp3) is 0.632. The predicted molar refractivity (Wildman–Crippen MR) is 119 cm³/mol. The zero-order chi connectivity index (χ0) is 17.9. The van der Waals surface area contributed by atoms with E-state index in [2.05, 4.69) is 21.3 Å². The van der Waals surface area contributed by atoms with Gasteiger partial charge in [-0.15, -0.1) is 24.0 Å². The fourth-order valence-corrected chi connectivity index (χ4v) is 3.26.